The van der Waals surface area contributed by atoms with Crippen molar-refractivity contribution < 1.29 is 0 Å². The Morgan fingerprint density at radius 3 is 2.75 bits per heavy atom. The normalized spacial score (nSPS) is 25.2. The first-order chi connectivity index (χ1) is 7.66. The minimum Gasteiger partial charge on any atom is -0.0884 e. The molecule has 1 aromatic carbocycles. The van der Waals surface area contributed by atoms with Crippen LogP contribution in [0.15, 0.2) is 24.3 Å². The van der Waals surface area contributed by atoms with Gasteiger partial charge in [0.15, 0.2) is 0 Å². The largest absolute Gasteiger partial charge is 0.0884 e. The van der Waals surface area contributed by atoms with E-state index in [0.29, 0.717) is 4.83 Å². The predicted octanol–water partition coefficient (Wildman–Crippen LogP) is 4.92. The highest BCUT2D eigenvalue weighted by Crippen LogP contribution is 2.39. The summed E-state index contributed by atoms with van der Waals surface area (Å²) >= 11 is 3.82. The molecule has 1 heteroatoms. The first-order valence-corrected chi connectivity index (χ1v) is 7.31. The average molecular weight is 281 g/mol. The Morgan fingerprint density at radius 2 is 2.12 bits per heavy atom. The van der Waals surface area contributed by atoms with E-state index in [2.05, 4.69) is 54.0 Å². The topological polar surface area (TPSA) is 0 Å². The van der Waals surface area contributed by atoms with Crippen LogP contribution >= 0.6 is 15.9 Å². The maximum Gasteiger partial charge on any atom is 0.0214 e. The van der Waals surface area contributed by atoms with Crippen LogP contribution in [0, 0.1) is 5.92 Å². The van der Waals surface area contributed by atoms with Crippen LogP contribution in [0.25, 0.3) is 0 Å². The lowest BCUT2D eigenvalue weighted by Crippen LogP contribution is -2.05. The Hall–Kier alpha value is -0.300. The molecule has 1 aliphatic rings. The van der Waals surface area contributed by atoms with E-state index in [4.69, 9.17) is 0 Å². The Bertz CT molecular complexity index is 343. The lowest BCUT2D eigenvalue weighted by atomic mass is 9.93. The summed E-state index contributed by atoms with van der Waals surface area (Å²) in [7, 11) is 0. The zero-order valence-electron chi connectivity index (χ0n) is 10.2. The molecule has 0 aromatic heterocycles. The number of alkyl halides is 1. The maximum atomic E-state index is 3.82. The molecule has 0 spiro atoms. The molecule has 0 bridgehead atoms. The summed E-state index contributed by atoms with van der Waals surface area (Å²) in [5.74, 6) is 1.49. The van der Waals surface area contributed by atoms with Crippen molar-refractivity contribution in [1.29, 1.82) is 0 Å². The van der Waals surface area contributed by atoms with Gasteiger partial charge in [-0.05, 0) is 42.2 Å². The van der Waals surface area contributed by atoms with E-state index in [9.17, 15) is 0 Å². The summed E-state index contributed by atoms with van der Waals surface area (Å²) in [5.41, 5.74) is 3.04. The highest BCUT2D eigenvalue weighted by Gasteiger charge is 2.26. The Kier molecular flexibility index (Phi) is 4.07. The molecule has 1 aliphatic carbocycles. The zero-order chi connectivity index (χ0) is 11.5. The van der Waals surface area contributed by atoms with Gasteiger partial charge in [0.1, 0.15) is 0 Å². The number of benzene rings is 1. The third-order valence-electron chi connectivity index (χ3n) is 3.45. The molecule has 1 fully saturated rings. The van der Waals surface area contributed by atoms with Gasteiger partial charge in [0.25, 0.3) is 0 Å². The minimum atomic E-state index is 0.696. The van der Waals surface area contributed by atoms with E-state index in [1.165, 1.54) is 36.8 Å². The van der Waals surface area contributed by atoms with E-state index in [-0.39, 0.29) is 0 Å². The molecule has 2 unspecified atom stereocenters. The van der Waals surface area contributed by atoms with Crippen LogP contribution < -0.4 is 0 Å². The van der Waals surface area contributed by atoms with Gasteiger partial charge in [-0.15, -0.1) is 0 Å². The monoisotopic (exact) mass is 280 g/mol. The molecule has 88 valence electrons. The van der Waals surface area contributed by atoms with Gasteiger partial charge in [-0.1, -0.05) is 60.5 Å². The summed E-state index contributed by atoms with van der Waals surface area (Å²) in [5, 5.41) is 0. The van der Waals surface area contributed by atoms with E-state index in [1.807, 2.05) is 0 Å². The van der Waals surface area contributed by atoms with Crippen LogP contribution in [0.1, 0.15) is 50.2 Å². The molecule has 1 saturated carbocycles. The smallest absolute Gasteiger partial charge is 0.0214 e. The molecule has 0 radical (unpaired) electrons. The Labute approximate surface area is 108 Å². The molecule has 0 heterocycles. The molecular formula is C15H21Br. The standard InChI is InChI=1S/C15H21Br/c1-11(2)9-12-5-3-6-13(10-12)14-7-4-8-15(14)16/h3,5-6,10-11,14-15H,4,7-9H2,1-2H3. The number of rotatable bonds is 3. The second kappa shape index (κ2) is 5.35. The zero-order valence-corrected chi connectivity index (χ0v) is 11.8. The molecule has 2 atom stereocenters. The summed E-state index contributed by atoms with van der Waals surface area (Å²) in [6, 6.07) is 9.21. The highest BCUT2D eigenvalue weighted by atomic mass is 79.9. The molecule has 2 rings (SSSR count). The van der Waals surface area contributed by atoms with Crippen LogP contribution in [0.2, 0.25) is 0 Å². The first kappa shape index (κ1) is 12.2. The van der Waals surface area contributed by atoms with Gasteiger partial charge in [-0.25, -0.2) is 0 Å². The minimum absolute atomic E-state index is 0.696. The molecule has 1 aromatic rings. The fourth-order valence-corrected chi connectivity index (χ4v) is 3.61. The lowest BCUT2D eigenvalue weighted by molar-refractivity contribution is 0.645. The van der Waals surface area contributed by atoms with Crippen molar-refractivity contribution in [2.75, 3.05) is 0 Å². The van der Waals surface area contributed by atoms with Gasteiger partial charge in [-0.2, -0.15) is 0 Å². The number of hydrogen-bond donors (Lipinski definition) is 0. The Morgan fingerprint density at radius 1 is 1.31 bits per heavy atom. The van der Waals surface area contributed by atoms with Crippen LogP contribution in [0.4, 0.5) is 0 Å². The average Bonchev–Trinajstić information content (AvgIpc) is 2.64. The van der Waals surface area contributed by atoms with Gasteiger partial charge in [0, 0.05) is 4.83 Å². The quantitative estimate of drug-likeness (QED) is 0.690. The van der Waals surface area contributed by atoms with Crippen LogP contribution in [0.3, 0.4) is 0 Å². The second-order valence-electron chi connectivity index (χ2n) is 5.40. The van der Waals surface area contributed by atoms with Gasteiger partial charge in [0.05, 0.1) is 0 Å². The summed E-state index contributed by atoms with van der Waals surface area (Å²) < 4.78 is 0. The third-order valence-corrected chi connectivity index (χ3v) is 4.55. The molecule has 0 nitrogen and oxygen atoms in total. The van der Waals surface area contributed by atoms with Crippen molar-refractivity contribution in [2.24, 2.45) is 5.92 Å². The highest BCUT2D eigenvalue weighted by molar-refractivity contribution is 9.09. The Balaban J connectivity index is 2.15. The van der Waals surface area contributed by atoms with Crippen molar-refractivity contribution in [3.05, 3.63) is 35.4 Å². The van der Waals surface area contributed by atoms with E-state index < -0.39 is 0 Å². The van der Waals surface area contributed by atoms with Crippen LogP contribution in [0.5, 0.6) is 0 Å². The van der Waals surface area contributed by atoms with E-state index >= 15 is 0 Å². The molecule has 0 saturated heterocycles. The molecular weight excluding hydrogens is 260 g/mol. The van der Waals surface area contributed by atoms with Crippen molar-refractivity contribution in [1.82, 2.24) is 0 Å². The summed E-state index contributed by atoms with van der Waals surface area (Å²) in [4.78, 5) is 0.696. The van der Waals surface area contributed by atoms with Gasteiger partial charge in [-0.3, -0.25) is 0 Å². The first-order valence-electron chi connectivity index (χ1n) is 6.39. The number of halogens is 1. The molecule has 0 N–H and O–H groups in total. The van der Waals surface area contributed by atoms with Gasteiger partial charge < -0.3 is 0 Å². The van der Waals surface area contributed by atoms with Crippen LogP contribution in [-0.4, -0.2) is 4.83 Å². The summed E-state index contributed by atoms with van der Waals surface area (Å²) in [6.07, 6.45) is 5.25. The van der Waals surface area contributed by atoms with Crippen molar-refractivity contribution in [3.63, 3.8) is 0 Å². The fraction of sp³-hybridized carbons (Fsp3) is 0.600. The fourth-order valence-electron chi connectivity index (χ4n) is 2.71. The molecule has 16 heavy (non-hydrogen) atoms. The maximum absolute atomic E-state index is 3.82. The molecule has 0 amide bonds. The van der Waals surface area contributed by atoms with Crippen molar-refractivity contribution >= 4 is 15.9 Å². The van der Waals surface area contributed by atoms with Crippen molar-refractivity contribution in [2.45, 2.75) is 50.3 Å². The van der Waals surface area contributed by atoms with E-state index in [1.54, 1.807) is 0 Å². The molecule has 0 aliphatic heterocycles. The SMILES string of the molecule is CC(C)Cc1cccc(C2CCCC2Br)c1. The second-order valence-corrected chi connectivity index (χ2v) is 6.57. The third kappa shape index (κ3) is 2.88. The lowest BCUT2D eigenvalue weighted by Gasteiger charge is -2.16. The van der Waals surface area contributed by atoms with E-state index in [0.717, 1.165) is 11.8 Å². The van der Waals surface area contributed by atoms with Crippen molar-refractivity contribution in [3.8, 4) is 0 Å². The summed E-state index contributed by atoms with van der Waals surface area (Å²) in [6.45, 7) is 4.57. The van der Waals surface area contributed by atoms with Crippen LogP contribution in [-0.2, 0) is 6.42 Å². The van der Waals surface area contributed by atoms with Gasteiger partial charge in [0.2, 0.25) is 0 Å². The predicted molar refractivity (Wildman–Crippen MR) is 74.3 cm³/mol. The number of hydrogen-bond acceptors (Lipinski definition) is 0. The van der Waals surface area contributed by atoms with Gasteiger partial charge >= 0.3 is 0 Å².